The van der Waals surface area contributed by atoms with E-state index < -0.39 is 0 Å². The van der Waals surface area contributed by atoms with E-state index in [9.17, 15) is 0 Å². The summed E-state index contributed by atoms with van der Waals surface area (Å²) in [6, 6.07) is 7.17. The van der Waals surface area contributed by atoms with Crippen molar-refractivity contribution < 1.29 is 0 Å². The molecule has 0 fully saturated rings. The van der Waals surface area contributed by atoms with Crippen molar-refractivity contribution in [1.29, 1.82) is 0 Å². The molecular formula is C16H23N3S. The Labute approximate surface area is 125 Å². The number of aryl methyl sites for hydroxylation is 3. The number of benzene rings is 1. The molecule has 1 atom stereocenters. The maximum atomic E-state index is 4.22. The molecular weight excluding hydrogens is 266 g/mol. The van der Waals surface area contributed by atoms with Gasteiger partial charge in [0.05, 0.1) is 6.20 Å². The largest absolute Gasteiger partial charge is 0.309 e. The van der Waals surface area contributed by atoms with Gasteiger partial charge in [0.2, 0.25) is 0 Å². The molecule has 0 saturated heterocycles. The number of thioether (sulfide) groups is 1. The second kappa shape index (κ2) is 6.95. The summed E-state index contributed by atoms with van der Waals surface area (Å²) in [6.07, 6.45) is 3.99. The van der Waals surface area contributed by atoms with Crippen molar-refractivity contribution in [3.8, 4) is 0 Å². The average molecular weight is 289 g/mol. The van der Waals surface area contributed by atoms with Crippen LogP contribution in [0.25, 0.3) is 0 Å². The Bertz CT molecular complexity index is 542. The molecule has 0 amide bonds. The van der Waals surface area contributed by atoms with E-state index in [0.29, 0.717) is 6.04 Å². The monoisotopic (exact) mass is 289 g/mol. The van der Waals surface area contributed by atoms with Gasteiger partial charge in [0.25, 0.3) is 0 Å². The third kappa shape index (κ3) is 4.12. The minimum Gasteiger partial charge on any atom is -0.309 e. The van der Waals surface area contributed by atoms with Crippen LogP contribution >= 0.6 is 11.8 Å². The summed E-state index contributed by atoms with van der Waals surface area (Å²) in [4.78, 5) is 1.22. The molecule has 3 nitrogen and oxygen atoms in total. The number of nitrogens with zero attached hydrogens (tertiary/aromatic N) is 2. The second-order valence-electron chi connectivity index (χ2n) is 5.19. The number of hydrogen-bond donors (Lipinski definition) is 1. The van der Waals surface area contributed by atoms with Crippen LogP contribution in [0.3, 0.4) is 0 Å². The standard InChI is InChI=1S/C16H23N3S/c1-5-17-16(11-20-15-9-18-19(4)10-15)14-7-12(2)6-13(3)8-14/h6-10,16-17H,5,11H2,1-4H3. The summed E-state index contributed by atoms with van der Waals surface area (Å²) in [5.74, 6) is 1.02. The van der Waals surface area contributed by atoms with Crippen LogP contribution < -0.4 is 5.32 Å². The van der Waals surface area contributed by atoms with Crippen LogP contribution in [0.4, 0.5) is 0 Å². The van der Waals surface area contributed by atoms with Crippen LogP contribution in [0.2, 0.25) is 0 Å². The zero-order valence-electron chi connectivity index (χ0n) is 12.7. The lowest BCUT2D eigenvalue weighted by molar-refractivity contribution is 0.605. The molecule has 1 heterocycles. The predicted octanol–water partition coefficient (Wildman–Crippen LogP) is 3.48. The molecule has 0 aliphatic carbocycles. The summed E-state index contributed by atoms with van der Waals surface area (Å²) >= 11 is 1.85. The van der Waals surface area contributed by atoms with E-state index in [1.807, 2.05) is 29.7 Å². The zero-order chi connectivity index (χ0) is 14.5. The first-order valence-corrected chi connectivity index (χ1v) is 8.00. The Balaban J connectivity index is 2.09. The van der Waals surface area contributed by atoms with Crippen LogP contribution in [-0.4, -0.2) is 22.1 Å². The predicted molar refractivity (Wildman–Crippen MR) is 86.3 cm³/mol. The molecule has 20 heavy (non-hydrogen) atoms. The SMILES string of the molecule is CCNC(CSc1cnn(C)c1)c1cc(C)cc(C)c1. The minimum absolute atomic E-state index is 0.379. The fraction of sp³-hybridized carbons (Fsp3) is 0.438. The van der Waals surface area contributed by atoms with Gasteiger partial charge in [-0.3, -0.25) is 4.68 Å². The second-order valence-corrected chi connectivity index (χ2v) is 6.29. The van der Waals surface area contributed by atoms with Crippen molar-refractivity contribution in [3.63, 3.8) is 0 Å². The lowest BCUT2D eigenvalue weighted by Crippen LogP contribution is -2.23. The maximum Gasteiger partial charge on any atom is 0.0625 e. The van der Waals surface area contributed by atoms with Gasteiger partial charge in [0, 0.05) is 29.9 Å². The van der Waals surface area contributed by atoms with Crippen molar-refractivity contribution in [2.24, 2.45) is 7.05 Å². The van der Waals surface area contributed by atoms with Gasteiger partial charge in [-0.15, -0.1) is 11.8 Å². The molecule has 1 N–H and O–H groups in total. The Morgan fingerprint density at radius 1 is 1.25 bits per heavy atom. The van der Waals surface area contributed by atoms with E-state index in [0.717, 1.165) is 12.3 Å². The summed E-state index contributed by atoms with van der Waals surface area (Å²) < 4.78 is 1.85. The maximum absolute atomic E-state index is 4.22. The third-order valence-electron chi connectivity index (χ3n) is 3.19. The molecule has 1 aromatic heterocycles. The number of hydrogen-bond acceptors (Lipinski definition) is 3. The normalized spacial score (nSPS) is 12.6. The van der Waals surface area contributed by atoms with Gasteiger partial charge in [0.1, 0.15) is 0 Å². The van der Waals surface area contributed by atoms with Crippen molar-refractivity contribution in [2.45, 2.75) is 31.7 Å². The first-order chi connectivity index (χ1) is 9.58. The lowest BCUT2D eigenvalue weighted by Gasteiger charge is -2.19. The first kappa shape index (κ1) is 15.1. The highest BCUT2D eigenvalue weighted by molar-refractivity contribution is 7.99. The summed E-state index contributed by atoms with van der Waals surface area (Å²) in [5, 5.41) is 7.80. The van der Waals surface area contributed by atoms with Crippen molar-refractivity contribution in [1.82, 2.24) is 15.1 Å². The average Bonchev–Trinajstić information content (AvgIpc) is 2.79. The molecule has 1 unspecified atom stereocenters. The highest BCUT2D eigenvalue weighted by Crippen LogP contribution is 2.25. The topological polar surface area (TPSA) is 29.9 Å². The van der Waals surface area contributed by atoms with Crippen molar-refractivity contribution in [3.05, 3.63) is 47.3 Å². The van der Waals surface area contributed by atoms with E-state index in [1.165, 1.54) is 21.6 Å². The Hall–Kier alpha value is -1.26. The van der Waals surface area contributed by atoms with Gasteiger partial charge in [-0.1, -0.05) is 36.2 Å². The molecule has 0 radical (unpaired) electrons. The fourth-order valence-corrected chi connectivity index (χ4v) is 3.40. The Morgan fingerprint density at radius 3 is 2.50 bits per heavy atom. The van der Waals surface area contributed by atoms with E-state index in [-0.39, 0.29) is 0 Å². The summed E-state index contributed by atoms with van der Waals surface area (Å²) in [6.45, 7) is 7.46. The molecule has 4 heteroatoms. The molecule has 0 saturated carbocycles. The minimum atomic E-state index is 0.379. The van der Waals surface area contributed by atoms with Crippen molar-refractivity contribution >= 4 is 11.8 Å². The number of nitrogens with one attached hydrogen (secondary N) is 1. The molecule has 0 aliphatic heterocycles. The molecule has 1 aromatic carbocycles. The molecule has 2 rings (SSSR count). The zero-order valence-corrected chi connectivity index (χ0v) is 13.5. The molecule has 2 aromatic rings. The molecule has 0 aliphatic rings. The molecule has 0 bridgehead atoms. The van der Waals surface area contributed by atoms with Gasteiger partial charge < -0.3 is 5.32 Å². The van der Waals surface area contributed by atoms with Crippen LogP contribution in [0.5, 0.6) is 0 Å². The van der Waals surface area contributed by atoms with Gasteiger partial charge in [-0.2, -0.15) is 5.10 Å². The van der Waals surface area contributed by atoms with Gasteiger partial charge in [-0.25, -0.2) is 0 Å². The number of aromatic nitrogens is 2. The Kier molecular flexibility index (Phi) is 5.26. The smallest absolute Gasteiger partial charge is 0.0625 e. The third-order valence-corrected chi connectivity index (χ3v) is 4.24. The van der Waals surface area contributed by atoms with E-state index >= 15 is 0 Å². The van der Waals surface area contributed by atoms with E-state index in [1.54, 1.807) is 0 Å². The fourth-order valence-electron chi connectivity index (χ4n) is 2.38. The van der Waals surface area contributed by atoms with Crippen LogP contribution in [-0.2, 0) is 7.05 Å². The quantitative estimate of drug-likeness (QED) is 0.826. The summed E-state index contributed by atoms with van der Waals surface area (Å²) in [5.41, 5.74) is 4.03. The van der Waals surface area contributed by atoms with E-state index in [4.69, 9.17) is 0 Å². The van der Waals surface area contributed by atoms with Crippen LogP contribution in [0.15, 0.2) is 35.5 Å². The molecule has 108 valence electrons. The number of rotatable bonds is 6. The summed E-state index contributed by atoms with van der Waals surface area (Å²) in [7, 11) is 1.95. The Morgan fingerprint density at radius 2 is 1.95 bits per heavy atom. The lowest BCUT2D eigenvalue weighted by atomic mass is 10.0. The highest BCUT2D eigenvalue weighted by Gasteiger charge is 2.12. The first-order valence-electron chi connectivity index (χ1n) is 7.01. The van der Waals surface area contributed by atoms with E-state index in [2.05, 4.69) is 55.6 Å². The van der Waals surface area contributed by atoms with Crippen LogP contribution in [0.1, 0.15) is 29.7 Å². The van der Waals surface area contributed by atoms with Crippen LogP contribution in [0, 0.1) is 13.8 Å². The highest BCUT2D eigenvalue weighted by atomic mass is 32.2. The molecule has 0 spiro atoms. The van der Waals surface area contributed by atoms with Gasteiger partial charge >= 0.3 is 0 Å². The van der Waals surface area contributed by atoms with Crippen molar-refractivity contribution in [2.75, 3.05) is 12.3 Å². The van der Waals surface area contributed by atoms with Gasteiger partial charge in [0.15, 0.2) is 0 Å². The van der Waals surface area contributed by atoms with Gasteiger partial charge in [-0.05, 0) is 26.0 Å².